The van der Waals surface area contributed by atoms with Gasteiger partial charge in [-0.15, -0.1) is 5.46 Å². The molecule has 0 spiro atoms. The van der Waals surface area contributed by atoms with E-state index >= 15 is 0 Å². The maximum absolute atomic E-state index is 4.79. The second kappa shape index (κ2) is 7.24. The van der Waals surface area contributed by atoms with Gasteiger partial charge in [0.2, 0.25) is 0 Å². The average Bonchev–Trinajstić information content (AvgIpc) is 2.72. The van der Waals surface area contributed by atoms with Crippen molar-refractivity contribution in [3.8, 4) is 34.2 Å². The zero-order valence-corrected chi connectivity index (χ0v) is 15.8. The van der Waals surface area contributed by atoms with Gasteiger partial charge in [0, 0.05) is 16.7 Å². The summed E-state index contributed by atoms with van der Waals surface area (Å²) in [7, 11) is 6.40. The molecule has 1 aromatic heterocycles. The molecule has 3 nitrogen and oxygen atoms in total. The third kappa shape index (κ3) is 3.56. The van der Waals surface area contributed by atoms with Crippen LogP contribution in [0.5, 0.6) is 0 Å². The molecule has 4 aromatic rings. The molecule has 0 aliphatic rings. The second-order valence-corrected chi connectivity index (χ2v) is 6.77. The third-order valence-electron chi connectivity index (χ3n) is 4.88. The van der Waals surface area contributed by atoms with E-state index < -0.39 is 0 Å². The van der Waals surface area contributed by atoms with Crippen LogP contribution in [0.15, 0.2) is 72.8 Å². The molecule has 27 heavy (non-hydrogen) atoms. The number of hydrogen-bond donors (Lipinski definition) is 0. The van der Waals surface area contributed by atoms with E-state index in [4.69, 9.17) is 15.0 Å². The first-order valence-corrected chi connectivity index (χ1v) is 9.07. The normalized spacial score (nSPS) is 10.7. The predicted molar refractivity (Wildman–Crippen MR) is 121 cm³/mol. The zero-order valence-electron chi connectivity index (χ0n) is 15.8. The van der Waals surface area contributed by atoms with Crippen molar-refractivity contribution in [2.45, 2.75) is 0 Å². The molecule has 0 aliphatic heterocycles. The van der Waals surface area contributed by atoms with Gasteiger partial charge in [0.25, 0.3) is 0 Å². The SMILES string of the molecule is Bc1cc(-c2nc(-c3ccccc3)nc(-c3ccccc3)n2)cc(B)c1B. The largest absolute Gasteiger partial charge is 0.208 e. The molecular formula is C21H18B3N3. The van der Waals surface area contributed by atoms with Crippen LogP contribution in [0.3, 0.4) is 0 Å². The second-order valence-electron chi connectivity index (χ2n) is 6.77. The molecular weight excluding hydrogens is 327 g/mol. The van der Waals surface area contributed by atoms with Crippen molar-refractivity contribution in [2.75, 3.05) is 0 Å². The lowest BCUT2D eigenvalue weighted by Crippen LogP contribution is -2.38. The highest BCUT2D eigenvalue weighted by molar-refractivity contribution is 6.57. The first-order chi connectivity index (χ1) is 13.1. The van der Waals surface area contributed by atoms with E-state index in [1.165, 1.54) is 16.4 Å². The molecule has 126 valence electrons. The van der Waals surface area contributed by atoms with Gasteiger partial charge >= 0.3 is 0 Å². The minimum absolute atomic E-state index is 0.690. The minimum Gasteiger partial charge on any atom is -0.208 e. The Kier molecular flexibility index (Phi) is 4.63. The van der Waals surface area contributed by atoms with Crippen molar-refractivity contribution >= 4 is 39.9 Å². The lowest BCUT2D eigenvalue weighted by atomic mass is 9.71. The van der Waals surface area contributed by atoms with E-state index in [1.807, 2.05) is 60.7 Å². The van der Waals surface area contributed by atoms with E-state index in [-0.39, 0.29) is 0 Å². The fraction of sp³-hybridized carbons (Fsp3) is 0. The van der Waals surface area contributed by atoms with Crippen molar-refractivity contribution in [1.82, 2.24) is 15.0 Å². The summed E-state index contributed by atoms with van der Waals surface area (Å²) in [5.41, 5.74) is 6.78. The highest BCUT2D eigenvalue weighted by atomic mass is 15.0. The number of hydrogen-bond acceptors (Lipinski definition) is 3. The van der Waals surface area contributed by atoms with Crippen LogP contribution in [0, 0.1) is 0 Å². The number of rotatable bonds is 3. The van der Waals surface area contributed by atoms with E-state index in [0.29, 0.717) is 17.5 Å². The highest BCUT2D eigenvalue weighted by Gasteiger charge is 2.13. The van der Waals surface area contributed by atoms with Crippen molar-refractivity contribution < 1.29 is 0 Å². The molecule has 6 heteroatoms. The van der Waals surface area contributed by atoms with Crippen molar-refractivity contribution in [3.05, 3.63) is 72.8 Å². The van der Waals surface area contributed by atoms with E-state index in [2.05, 4.69) is 35.7 Å². The Morgan fingerprint density at radius 2 is 0.852 bits per heavy atom. The predicted octanol–water partition coefficient (Wildman–Crippen LogP) is -0.352. The Labute approximate surface area is 162 Å². The third-order valence-corrected chi connectivity index (χ3v) is 4.88. The van der Waals surface area contributed by atoms with Gasteiger partial charge in [0.05, 0.1) is 0 Å². The maximum Gasteiger partial charge on any atom is 0.164 e. The van der Waals surface area contributed by atoms with E-state index in [1.54, 1.807) is 0 Å². The van der Waals surface area contributed by atoms with Crippen LogP contribution in [0.1, 0.15) is 0 Å². The number of benzene rings is 3. The molecule has 4 rings (SSSR count). The summed E-state index contributed by atoms with van der Waals surface area (Å²) >= 11 is 0. The van der Waals surface area contributed by atoms with Crippen LogP contribution in [-0.4, -0.2) is 38.5 Å². The van der Waals surface area contributed by atoms with Gasteiger partial charge in [-0.2, -0.15) is 0 Å². The van der Waals surface area contributed by atoms with Gasteiger partial charge in [0.1, 0.15) is 23.5 Å². The first kappa shape index (κ1) is 17.3. The van der Waals surface area contributed by atoms with Crippen LogP contribution < -0.4 is 16.4 Å². The van der Waals surface area contributed by atoms with Crippen molar-refractivity contribution in [3.63, 3.8) is 0 Å². The molecule has 0 unspecified atom stereocenters. The highest BCUT2D eigenvalue weighted by Crippen LogP contribution is 2.23. The smallest absolute Gasteiger partial charge is 0.164 e. The Balaban J connectivity index is 1.94. The molecule has 0 aliphatic carbocycles. The van der Waals surface area contributed by atoms with Crippen LogP contribution in [0.2, 0.25) is 0 Å². The Hall–Kier alpha value is -3.14. The summed E-state index contributed by atoms with van der Waals surface area (Å²) in [6.45, 7) is 0. The Morgan fingerprint density at radius 1 is 0.481 bits per heavy atom. The summed E-state index contributed by atoms with van der Waals surface area (Å²) in [4.78, 5) is 14.3. The summed E-state index contributed by atoms with van der Waals surface area (Å²) in [6.07, 6.45) is 0. The lowest BCUT2D eigenvalue weighted by molar-refractivity contribution is 1.07. The molecule has 0 bridgehead atoms. The van der Waals surface area contributed by atoms with Gasteiger partial charge in [-0.05, 0) is 0 Å². The van der Waals surface area contributed by atoms with E-state index in [0.717, 1.165) is 16.7 Å². The van der Waals surface area contributed by atoms with Crippen LogP contribution in [0.25, 0.3) is 34.2 Å². The lowest BCUT2D eigenvalue weighted by Gasteiger charge is -2.11. The first-order valence-electron chi connectivity index (χ1n) is 9.07. The molecule has 1 heterocycles. The van der Waals surface area contributed by atoms with Gasteiger partial charge in [-0.25, -0.2) is 15.0 Å². The van der Waals surface area contributed by atoms with Crippen LogP contribution in [-0.2, 0) is 0 Å². The molecule has 0 N–H and O–H groups in total. The van der Waals surface area contributed by atoms with Gasteiger partial charge in [0.15, 0.2) is 17.5 Å². The Bertz CT molecular complexity index is 1020. The minimum atomic E-state index is 0.690. The van der Waals surface area contributed by atoms with Gasteiger partial charge < -0.3 is 0 Å². The Morgan fingerprint density at radius 3 is 1.26 bits per heavy atom. The van der Waals surface area contributed by atoms with Crippen LogP contribution in [0.4, 0.5) is 0 Å². The monoisotopic (exact) mass is 345 g/mol. The maximum atomic E-state index is 4.79. The summed E-state index contributed by atoms with van der Waals surface area (Å²) in [5, 5.41) is 0. The number of nitrogens with zero attached hydrogens (tertiary/aromatic N) is 3. The summed E-state index contributed by atoms with van der Waals surface area (Å²) < 4.78 is 0. The summed E-state index contributed by atoms with van der Waals surface area (Å²) in [6, 6.07) is 24.4. The van der Waals surface area contributed by atoms with Crippen molar-refractivity contribution in [1.29, 1.82) is 0 Å². The quantitative estimate of drug-likeness (QED) is 0.477. The van der Waals surface area contributed by atoms with Crippen molar-refractivity contribution in [2.24, 2.45) is 0 Å². The molecule has 0 fully saturated rings. The van der Waals surface area contributed by atoms with Gasteiger partial charge in [-0.1, -0.05) is 83.7 Å². The average molecular weight is 345 g/mol. The molecule has 0 amide bonds. The molecule has 0 radical (unpaired) electrons. The fourth-order valence-electron chi connectivity index (χ4n) is 3.10. The van der Waals surface area contributed by atoms with E-state index in [9.17, 15) is 0 Å². The molecule has 0 saturated heterocycles. The fourth-order valence-corrected chi connectivity index (χ4v) is 3.10. The van der Waals surface area contributed by atoms with Crippen LogP contribution >= 0.6 is 0 Å². The van der Waals surface area contributed by atoms with Gasteiger partial charge in [-0.3, -0.25) is 0 Å². The standard InChI is InChI=1S/C21H18B3N3/c22-16-11-15(12-17(23)18(16)24)21-26-19(13-7-3-1-4-8-13)25-20(27-21)14-9-5-2-6-10-14/h1-12H,22-24H2. The topological polar surface area (TPSA) is 38.7 Å². The zero-order chi connectivity index (χ0) is 18.8. The molecule has 3 aromatic carbocycles. The number of aromatic nitrogens is 3. The molecule has 0 atom stereocenters. The molecule has 0 saturated carbocycles. The summed E-state index contributed by atoms with van der Waals surface area (Å²) in [5.74, 6) is 2.08.